The average Bonchev–Trinajstić information content (AvgIpc) is 3.56. The number of fused-ring (bicyclic) bond motifs is 3. The van der Waals surface area contributed by atoms with Crippen LogP contribution in [0.2, 0.25) is 0 Å². The summed E-state index contributed by atoms with van der Waals surface area (Å²) in [5.41, 5.74) is 3.72. The van der Waals surface area contributed by atoms with Crippen molar-refractivity contribution in [3.8, 4) is 28.7 Å². The number of benzene rings is 3. The van der Waals surface area contributed by atoms with Crippen LogP contribution in [-0.2, 0) is 4.79 Å². The van der Waals surface area contributed by atoms with Gasteiger partial charge in [-0.1, -0.05) is 25.5 Å². The van der Waals surface area contributed by atoms with Crippen molar-refractivity contribution in [1.29, 1.82) is 0 Å². The Labute approximate surface area is 257 Å². The van der Waals surface area contributed by atoms with Gasteiger partial charge in [-0.2, -0.15) is 0 Å². The Hall–Kier alpha value is -5.12. The van der Waals surface area contributed by atoms with Crippen LogP contribution >= 0.6 is 0 Å². The summed E-state index contributed by atoms with van der Waals surface area (Å²) < 4.78 is 24.2. The molecule has 3 amide bonds. The minimum absolute atomic E-state index is 0.151. The number of hydrogen-bond donors (Lipinski definition) is 1. The van der Waals surface area contributed by atoms with Crippen molar-refractivity contribution in [1.82, 2.24) is 9.47 Å². The van der Waals surface area contributed by atoms with E-state index in [4.69, 9.17) is 18.9 Å². The summed E-state index contributed by atoms with van der Waals surface area (Å²) in [5, 5.41) is 2.93. The summed E-state index contributed by atoms with van der Waals surface area (Å²) in [4.78, 5) is 31.6. The molecule has 1 aliphatic heterocycles. The van der Waals surface area contributed by atoms with E-state index in [1.165, 1.54) is 7.11 Å². The van der Waals surface area contributed by atoms with E-state index in [1.807, 2.05) is 67.7 Å². The molecule has 10 nitrogen and oxygen atoms in total. The second-order valence-corrected chi connectivity index (χ2v) is 10.3. The Bertz CT molecular complexity index is 1630. The van der Waals surface area contributed by atoms with Gasteiger partial charge in [0, 0.05) is 24.4 Å². The first-order chi connectivity index (χ1) is 21.4. The van der Waals surface area contributed by atoms with E-state index in [2.05, 4.69) is 9.88 Å². The molecule has 230 valence electrons. The minimum atomic E-state index is -0.546. The van der Waals surface area contributed by atoms with E-state index in [0.29, 0.717) is 35.2 Å². The van der Waals surface area contributed by atoms with Crippen LogP contribution < -0.4 is 29.2 Å². The predicted molar refractivity (Wildman–Crippen MR) is 170 cm³/mol. The number of amides is 3. The molecule has 0 radical (unpaired) electrons. The molecule has 0 saturated carbocycles. The van der Waals surface area contributed by atoms with Gasteiger partial charge in [0.25, 0.3) is 0 Å². The molecular formula is C34H38N4O6. The molecule has 5 rings (SSSR count). The Kier molecular flexibility index (Phi) is 9.28. The highest BCUT2D eigenvalue weighted by Gasteiger charge is 2.38. The number of nitrogens with one attached hydrogen (secondary N) is 1. The molecule has 10 heteroatoms. The van der Waals surface area contributed by atoms with E-state index in [9.17, 15) is 9.59 Å². The number of urea groups is 1. The Morgan fingerprint density at radius 2 is 1.52 bits per heavy atom. The van der Waals surface area contributed by atoms with Gasteiger partial charge in [-0.3, -0.25) is 9.69 Å². The number of hydrogen-bond acceptors (Lipinski definition) is 6. The molecule has 3 aromatic carbocycles. The molecule has 1 aliphatic rings. The maximum Gasteiger partial charge on any atom is 0.322 e. The summed E-state index contributed by atoms with van der Waals surface area (Å²) in [6, 6.07) is 21.5. The highest BCUT2D eigenvalue weighted by atomic mass is 16.5. The maximum atomic E-state index is 14.5. The summed E-state index contributed by atoms with van der Waals surface area (Å²) >= 11 is 0. The van der Waals surface area contributed by atoms with Crippen LogP contribution in [-0.4, -0.2) is 62.9 Å². The number of carbonyl (C=O) groups excluding carboxylic acids is 2. The highest BCUT2D eigenvalue weighted by Crippen LogP contribution is 2.45. The summed E-state index contributed by atoms with van der Waals surface area (Å²) in [7, 11) is 6.31. The summed E-state index contributed by atoms with van der Waals surface area (Å²) in [5.74, 6) is 2.07. The number of rotatable bonds is 11. The lowest BCUT2D eigenvalue weighted by molar-refractivity contribution is -0.119. The molecule has 44 heavy (non-hydrogen) atoms. The Morgan fingerprint density at radius 1 is 0.818 bits per heavy atom. The van der Waals surface area contributed by atoms with Crippen LogP contribution in [0.4, 0.5) is 16.2 Å². The fourth-order valence-electron chi connectivity index (χ4n) is 5.55. The third-order valence-corrected chi connectivity index (χ3v) is 7.76. The van der Waals surface area contributed by atoms with Crippen molar-refractivity contribution in [2.45, 2.75) is 25.8 Å². The van der Waals surface area contributed by atoms with Crippen LogP contribution in [0, 0.1) is 0 Å². The number of carbonyl (C=O) groups is 2. The lowest BCUT2D eigenvalue weighted by Gasteiger charge is -2.40. The average molecular weight is 599 g/mol. The molecule has 0 bridgehead atoms. The number of unbranched alkanes of at least 4 members (excludes halogenated alkanes) is 1. The second kappa shape index (κ2) is 13.5. The van der Waals surface area contributed by atoms with Gasteiger partial charge in [-0.05, 0) is 61.0 Å². The van der Waals surface area contributed by atoms with Crippen LogP contribution in [0.5, 0.6) is 23.0 Å². The van der Waals surface area contributed by atoms with Crippen LogP contribution in [0.1, 0.15) is 37.1 Å². The zero-order valence-electron chi connectivity index (χ0n) is 25.7. The minimum Gasteiger partial charge on any atom is -0.497 e. The first kappa shape index (κ1) is 30.3. The van der Waals surface area contributed by atoms with Gasteiger partial charge in [-0.25, -0.2) is 4.79 Å². The van der Waals surface area contributed by atoms with Gasteiger partial charge < -0.3 is 33.7 Å². The normalized spacial score (nSPS) is 13.4. The van der Waals surface area contributed by atoms with Crippen LogP contribution in [0.15, 0.2) is 79.0 Å². The summed E-state index contributed by atoms with van der Waals surface area (Å²) in [6.07, 6.45) is 3.57. The van der Waals surface area contributed by atoms with Crippen molar-refractivity contribution in [2.75, 3.05) is 51.7 Å². The standard InChI is InChI=1S/C34H38N4O6/c1-6-7-18-36(34(40)35-26-16-14-24(42-3)21-31(26)44-5)22-32(39)38-28-12-9-8-11-27(28)37-19-10-13-29(37)33(38)25-20-23(41-2)15-17-30(25)43-4/h8-17,19-21,33H,6-7,18,22H2,1-5H3,(H,35,40). The van der Waals surface area contributed by atoms with Crippen molar-refractivity contribution in [3.05, 3.63) is 90.3 Å². The van der Waals surface area contributed by atoms with Gasteiger partial charge >= 0.3 is 6.03 Å². The van der Waals surface area contributed by atoms with E-state index in [0.717, 1.165) is 35.5 Å². The predicted octanol–water partition coefficient (Wildman–Crippen LogP) is 6.28. The van der Waals surface area contributed by atoms with E-state index in [1.54, 1.807) is 49.3 Å². The molecule has 4 aromatic rings. The SMILES string of the molecule is CCCCN(CC(=O)N1c2ccccc2-n2cccc2C1c1cc(OC)ccc1OC)C(=O)Nc1ccc(OC)cc1OC. The lowest BCUT2D eigenvalue weighted by atomic mass is 9.96. The van der Waals surface area contributed by atoms with Gasteiger partial charge in [0.05, 0.1) is 51.2 Å². The molecule has 0 saturated heterocycles. The van der Waals surface area contributed by atoms with Crippen molar-refractivity contribution < 1.29 is 28.5 Å². The van der Waals surface area contributed by atoms with Gasteiger partial charge in [-0.15, -0.1) is 0 Å². The topological polar surface area (TPSA) is 94.5 Å². The Morgan fingerprint density at radius 3 is 2.23 bits per heavy atom. The molecule has 1 unspecified atom stereocenters. The molecule has 0 spiro atoms. The smallest absolute Gasteiger partial charge is 0.322 e. The largest absolute Gasteiger partial charge is 0.497 e. The number of nitrogens with zero attached hydrogens (tertiary/aromatic N) is 3. The third-order valence-electron chi connectivity index (χ3n) is 7.76. The Balaban J connectivity index is 1.54. The van der Waals surface area contributed by atoms with Crippen molar-refractivity contribution in [2.24, 2.45) is 0 Å². The summed E-state index contributed by atoms with van der Waals surface area (Å²) in [6.45, 7) is 2.29. The van der Waals surface area contributed by atoms with Crippen LogP contribution in [0.3, 0.4) is 0 Å². The highest BCUT2D eigenvalue weighted by molar-refractivity contribution is 6.02. The van der Waals surface area contributed by atoms with E-state index in [-0.39, 0.29) is 12.5 Å². The molecule has 0 fully saturated rings. The van der Waals surface area contributed by atoms with Gasteiger partial charge in [0.2, 0.25) is 5.91 Å². The van der Waals surface area contributed by atoms with Crippen molar-refractivity contribution >= 4 is 23.3 Å². The van der Waals surface area contributed by atoms with E-state index < -0.39 is 12.1 Å². The molecular weight excluding hydrogens is 560 g/mol. The zero-order chi connectivity index (χ0) is 31.2. The van der Waals surface area contributed by atoms with E-state index >= 15 is 0 Å². The van der Waals surface area contributed by atoms with Crippen LogP contribution in [0.25, 0.3) is 5.69 Å². The molecule has 1 N–H and O–H groups in total. The third kappa shape index (κ3) is 5.88. The zero-order valence-corrected chi connectivity index (χ0v) is 25.7. The second-order valence-electron chi connectivity index (χ2n) is 10.3. The molecule has 1 aromatic heterocycles. The number of para-hydroxylation sites is 2. The first-order valence-electron chi connectivity index (χ1n) is 14.5. The monoisotopic (exact) mass is 598 g/mol. The van der Waals surface area contributed by atoms with Crippen molar-refractivity contribution in [3.63, 3.8) is 0 Å². The lowest BCUT2D eigenvalue weighted by Crippen LogP contribution is -2.48. The first-order valence-corrected chi connectivity index (χ1v) is 14.5. The number of anilines is 2. The quantitative estimate of drug-likeness (QED) is 0.218. The van der Waals surface area contributed by atoms with Gasteiger partial charge in [0.15, 0.2) is 0 Å². The molecule has 0 aliphatic carbocycles. The van der Waals surface area contributed by atoms with Gasteiger partial charge in [0.1, 0.15) is 35.6 Å². The number of methoxy groups -OCH3 is 4. The number of ether oxygens (including phenoxy) is 4. The maximum absolute atomic E-state index is 14.5. The molecule has 1 atom stereocenters. The fourth-order valence-corrected chi connectivity index (χ4v) is 5.55. The fraction of sp³-hybridized carbons (Fsp3) is 0.294. The molecule has 2 heterocycles. The number of aromatic nitrogens is 1.